The molecule has 1 aromatic carbocycles. The number of carbonyl (C=O) groups excluding carboxylic acids is 2. The number of nitrogens with one attached hydrogen (secondary N) is 1. The second kappa shape index (κ2) is 7.73. The quantitative estimate of drug-likeness (QED) is 0.696. The fraction of sp³-hybridized carbons (Fsp3) is 0.467. The molecule has 1 heterocycles. The van der Waals surface area contributed by atoms with Crippen molar-refractivity contribution >= 4 is 21.8 Å². The molecule has 0 spiro atoms. The van der Waals surface area contributed by atoms with Crippen LogP contribution in [0.5, 0.6) is 0 Å². The predicted octanol–water partition coefficient (Wildman–Crippen LogP) is -0.772. The summed E-state index contributed by atoms with van der Waals surface area (Å²) in [6.45, 7) is 5.19. The van der Waals surface area contributed by atoms with Crippen LogP contribution >= 0.6 is 0 Å². The van der Waals surface area contributed by atoms with Gasteiger partial charge in [-0.15, -0.1) is 0 Å². The molecule has 1 saturated heterocycles. The Bertz CT molecular complexity index is 695. The number of nitrogens with two attached hydrogens (primary N) is 1. The fourth-order valence-corrected chi connectivity index (χ4v) is 3.53. The molecule has 0 bridgehead atoms. The van der Waals surface area contributed by atoms with Gasteiger partial charge >= 0.3 is 0 Å². The average molecular weight is 354 g/mol. The minimum atomic E-state index is -3.62. The normalized spacial score (nSPS) is 16.1. The summed E-state index contributed by atoms with van der Waals surface area (Å²) in [6, 6.07) is 5.48. The van der Waals surface area contributed by atoms with Gasteiger partial charge in [0.2, 0.25) is 21.8 Å². The minimum absolute atomic E-state index is 0.0646. The Morgan fingerprint density at radius 1 is 1.12 bits per heavy atom. The molecule has 9 heteroatoms. The van der Waals surface area contributed by atoms with Gasteiger partial charge < -0.3 is 10.6 Å². The lowest BCUT2D eigenvalue weighted by Crippen LogP contribution is -2.49. The van der Waals surface area contributed by atoms with Crippen molar-refractivity contribution < 1.29 is 18.0 Å². The van der Waals surface area contributed by atoms with Crippen LogP contribution in [0.15, 0.2) is 29.2 Å². The van der Waals surface area contributed by atoms with Crippen LogP contribution in [0.4, 0.5) is 0 Å². The highest BCUT2D eigenvalue weighted by atomic mass is 32.2. The van der Waals surface area contributed by atoms with Gasteiger partial charge in [-0.05, 0) is 24.3 Å². The van der Waals surface area contributed by atoms with E-state index in [9.17, 15) is 18.0 Å². The first kappa shape index (κ1) is 18.4. The molecule has 1 fully saturated rings. The molecule has 8 nitrogen and oxygen atoms in total. The highest BCUT2D eigenvalue weighted by molar-refractivity contribution is 7.89. The standard InChI is InChI=1S/C15H22N4O4S/c1-12(20)19-10-8-18(9-11-19)7-6-17-24(22,23)14-4-2-13(3-5-14)15(16)21/h2-5,17H,6-11H2,1H3,(H2,16,21). The number of primary amides is 1. The van der Waals surface area contributed by atoms with Crippen molar-refractivity contribution in [3.05, 3.63) is 29.8 Å². The molecule has 0 atom stereocenters. The maximum absolute atomic E-state index is 12.2. The summed E-state index contributed by atoms with van der Waals surface area (Å²) in [5, 5.41) is 0. The molecule has 0 aromatic heterocycles. The number of rotatable bonds is 6. The molecule has 0 unspecified atom stereocenters. The van der Waals surface area contributed by atoms with Gasteiger partial charge in [0.15, 0.2) is 0 Å². The molecule has 0 radical (unpaired) electrons. The van der Waals surface area contributed by atoms with Gasteiger partial charge in [0.1, 0.15) is 0 Å². The lowest BCUT2D eigenvalue weighted by atomic mass is 10.2. The van der Waals surface area contributed by atoms with Gasteiger partial charge in [0, 0.05) is 51.8 Å². The summed E-state index contributed by atoms with van der Waals surface area (Å²) in [7, 11) is -3.62. The maximum atomic E-state index is 12.2. The highest BCUT2D eigenvalue weighted by Gasteiger charge is 2.19. The van der Waals surface area contributed by atoms with Crippen molar-refractivity contribution in [1.82, 2.24) is 14.5 Å². The fourth-order valence-electron chi connectivity index (χ4n) is 2.51. The predicted molar refractivity (Wildman–Crippen MR) is 88.8 cm³/mol. The molecule has 2 amide bonds. The lowest BCUT2D eigenvalue weighted by Gasteiger charge is -2.34. The molecule has 0 saturated carbocycles. The molecule has 1 aromatic rings. The Kier molecular flexibility index (Phi) is 5.92. The van der Waals surface area contributed by atoms with Gasteiger partial charge in [-0.2, -0.15) is 0 Å². The Balaban J connectivity index is 1.83. The summed E-state index contributed by atoms with van der Waals surface area (Å²) in [6.07, 6.45) is 0. The SMILES string of the molecule is CC(=O)N1CCN(CCNS(=O)(=O)c2ccc(C(N)=O)cc2)CC1. The van der Waals surface area contributed by atoms with Crippen LogP contribution in [0, 0.1) is 0 Å². The van der Waals surface area contributed by atoms with Gasteiger partial charge in [0.25, 0.3) is 0 Å². The number of piperazine rings is 1. The zero-order valence-corrected chi connectivity index (χ0v) is 14.4. The average Bonchev–Trinajstić information content (AvgIpc) is 2.55. The summed E-state index contributed by atoms with van der Waals surface area (Å²) >= 11 is 0. The highest BCUT2D eigenvalue weighted by Crippen LogP contribution is 2.10. The van der Waals surface area contributed by atoms with Crippen molar-refractivity contribution in [2.45, 2.75) is 11.8 Å². The first-order chi connectivity index (χ1) is 11.3. The topological polar surface area (TPSA) is 113 Å². The third-order valence-electron chi connectivity index (χ3n) is 3.99. The van der Waals surface area contributed by atoms with Crippen LogP contribution in [-0.2, 0) is 14.8 Å². The first-order valence-electron chi connectivity index (χ1n) is 7.67. The summed E-state index contributed by atoms with van der Waals surface area (Å²) < 4.78 is 26.9. The van der Waals surface area contributed by atoms with E-state index in [2.05, 4.69) is 9.62 Å². The molecule has 3 N–H and O–H groups in total. The first-order valence-corrected chi connectivity index (χ1v) is 9.15. The molecule has 1 aliphatic rings. The Morgan fingerprint density at radius 2 is 1.71 bits per heavy atom. The Labute approximate surface area is 141 Å². The van der Waals surface area contributed by atoms with Crippen molar-refractivity contribution in [3.63, 3.8) is 0 Å². The van der Waals surface area contributed by atoms with E-state index in [4.69, 9.17) is 5.73 Å². The van der Waals surface area contributed by atoms with E-state index in [1.165, 1.54) is 24.3 Å². The molecule has 24 heavy (non-hydrogen) atoms. The van der Waals surface area contributed by atoms with E-state index in [1.807, 2.05) is 0 Å². The third kappa shape index (κ3) is 4.76. The number of hydrogen-bond acceptors (Lipinski definition) is 5. The van der Waals surface area contributed by atoms with Crippen molar-refractivity contribution in [2.24, 2.45) is 5.73 Å². The second-order valence-corrected chi connectivity index (χ2v) is 7.40. The molecule has 2 rings (SSSR count). The van der Waals surface area contributed by atoms with E-state index in [0.29, 0.717) is 19.6 Å². The van der Waals surface area contributed by atoms with Gasteiger partial charge in [-0.25, -0.2) is 13.1 Å². The van der Waals surface area contributed by atoms with Crippen LogP contribution in [0.3, 0.4) is 0 Å². The zero-order valence-electron chi connectivity index (χ0n) is 13.6. The van der Waals surface area contributed by atoms with E-state index in [-0.39, 0.29) is 22.9 Å². The van der Waals surface area contributed by atoms with E-state index < -0.39 is 15.9 Å². The zero-order chi connectivity index (χ0) is 17.7. The Hall–Kier alpha value is -1.97. The van der Waals surface area contributed by atoms with E-state index >= 15 is 0 Å². The lowest BCUT2D eigenvalue weighted by molar-refractivity contribution is -0.130. The van der Waals surface area contributed by atoms with Crippen LogP contribution in [0.2, 0.25) is 0 Å². The number of benzene rings is 1. The third-order valence-corrected chi connectivity index (χ3v) is 5.46. The van der Waals surface area contributed by atoms with Crippen molar-refractivity contribution in [2.75, 3.05) is 39.3 Å². The van der Waals surface area contributed by atoms with Crippen molar-refractivity contribution in [3.8, 4) is 0 Å². The van der Waals surface area contributed by atoms with Crippen LogP contribution in [0.1, 0.15) is 17.3 Å². The van der Waals surface area contributed by atoms with E-state index in [0.717, 1.165) is 13.1 Å². The van der Waals surface area contributed by atoms with Gasteiger partial charge in [0.05, 0.1) is 4.90 Å². The second-order valence-electron chi connectivity index (χ2n) is 5.63. The van der Waals surface area contributed by atoms with Crippen LogP contribution < -0.4 is 10.5 Å². The number of amides is 2. The van der Waals surface area contributed by atoms with Crippen LogP contribution in [0.25, 0.3) is 0 Å². The van der Waals surface area contributed by atoms with Crippen LogP contribution in [-0.4, -0.2) is 69.3 Å². The molecular weight excluding hydrogens is 332 g/mol. The van der Waals surface area contributed by atoms with Crippen molar-refractivity contribution in [1.29, 1.82) is 0 Å². The molecule has 1 aliphatic heterocycles. The number of nitrogens with zero attached hydrogens (tertiary/aromatic N) is 2. The van der Waals surface area contributed by atoms with Gasteiger partial charge in [-0.1, -0.05) is 0 Å². The van der Waals surface area contributed by atoms with E-state index in [1.54, 1.807) is 11.8 Å². The Morgan fingerprint density at radius 3 is 2.21 bits per heavy atom. The summed E-state index contributed by atoms with van der Waals surface area (Å²) in [4.78, 5) is 26.2. The monoisotopic (exact) mass is 354 g/mol. The smallest absolute Gasteiger partial charge is 0.248 e. The summed E-state index contributed by atoms with van der Waals surface area (Å²) in [5.74, 6) is -0.536. The molecule has 132 valence electrons. The number of carbonyl (C=O) groups is 2. The number of hydrogen-bond donors (Lipinski definition) is 2. The minimum Gasteiger partial charge on any atom is -0.366 e. The maximum Gasteiger partial charge on any atom is 0.248 e. The molecule has 0 aliphatic carbocycles. The summed E-state index contributed by atoms with van der Waals surface area (Å²) in [5.41, 5.74) is 5.39. The largest absolute Gasteiger partial charge is 0.366 e. The number of sulfonamides is 1. The molecular formula is C15H22N4O4S. The van der Waals surface area contributed by atoms with Gasteiger partial charge in [-0.3, -0.25) is 14.5 Å².